The summed E-state index contributed by atoms with van der Waals surface area (Å²) in [5.74, 6) is 1.21. The van der Waals surface area contributed by atoms with Crippen molar-refractivity contribution in [2.75, 3.05) is 0 Å². The van der Waals surface area contributed by atoms with Gasteiger partial charge in [-0.25, -0.2) is 21.1 Å². The lowest BCUT2D eigenvalue weighted by Crippen LogP contribution is -2.01. The second-order valence-electron chi connectivity index (χ2n) is 4.05. The quantitative estimate of drug-likeness (QED) is 0.652. The number of aromatic nitrogens is 5. The van der Waals surface area contributed by atoms with Crippen LogP contribution in [0.25, 0.3) is 21.7 Å². The van der Waals surface area contributed by atoms with E-state index < -0.39 is 0 Å². The third-order valence-electron chi connectivity index (χ3n) is 2.78. The van der Waals surface area contributed by atoms with Crippen LogP contribution in [0.1, 0.15) is 11.5 Å². The Morgan fingerprint density at radius 3 is 3.00 bits per heavy atom. The van der Waals surface area contributed by atoms with Crippen LogP contribution in [-0.2, 0) is 6.54 Å². The molecule has 3 rings (SSSR count). The van der Waals surface area contributed by atoms with E-state index in [4.69, 9.17) is 6.57 Å². The number of pyridine rings is 1. The Balaban J connectivity index is 2.20. The van der Waals surface area contributed by atoms with Gasteiger partial charge in [0.1, 0.15) is 5.52 Å². The van der Waals surface area contributed by atoms with Gasteiger partial charge in [0.15, 0.2) is 5.82 Å². The molecule has 0 aromatic carbocycles. The predicted molar refractivity (Wildman–Crippen MR) is 69.1 cm³/mol. The fourth-order valence-electron chi connectivity index (χ4n) is 1.89. The normalized spacial score (nSPS) is 10.5. The Kier molecular flexibility index (Phi) is 2.65. The minimum atomic E-state index is 0.207. The first-order valence-corrected chi connectivity index (χ1v) is 5.74. The topological polar surface area (TPSA) is 60.3 Å². The van der Waals surface area contributed by atoms with E-state index in [-0.39, 0.29) is 6.54 Å². The van der Waals surface area contributed by atoms with Crippen molar-refractivity contribution < 1.29 is 0 Å². The van der Waals surface area contributed by atoms with Crippen molar-refractivity contribution in [3.05, 3.63) is 53.7 Å². The largest absolute Gasteiger partial charge is 0.308 e. The molecule has 6 heteroatoms. The van der Waals surface area contributed by atoms with Crippen LogP contribution in [0, 0.1) is 13.5 Å². The number of rotatable bonds is 2. The molecule has 0 aliphatic carbocycles. The van der Waals surface area contributed by atoms with Crippen molar-refractivity contribution in [3.63, 3.8) is 0 Å². The molecule has 0 aliphatic rings. The highest BCUT2D eigenvalue weighted by Crippen LogP contribution is 2.16. The first-order chi connectivity index (χ1) is 9.29. The highest BCUT2D eigenvalue weighted by molar-refractivity contribution is 5.56. The van der Waals surface area contributed by atoms with E-state index in [1.807, 2.05) is 19.1 Å². The van der Waals surface area contributed by atoms with Gasteiger partial charge >= 0.3 is 0 Å². The highest BCUT2D eigenvalue weighted by atomic mass is 15.3. The van der Waals surface area contributed by atoms with Crippen LogP contribution in [0.2, 0.25) is 0 Å². The van der Waals surface area contributed by atoms with Crippen molar-refractivity contribution in [2.45, 2.75) is 13.5 Å². The molecule has 0 unspecified atom stereocenters. The summed E-state index contributed by atoms with van der Waals surface area (Å²) < 4.78 is 1.68. The summed E-state index contributed by atoms with van der Waals surface area (Å²) in [4.78, 5) is 16.1. The summed E-state index contributed by atoms with van der Waals surface area (Å²) >= 11 is 0. The molecule has 0 saturated heterocycles. The Bertz CT molecular complexity index is 769. The Hall–Kier alpha value is -2.81. The van der Waals surface area contributed by atoms with Gasteiger partial charge in [0, 0.05) is 18.0 Å². The predicted octanol–water partition coefficient (Wildman–Crippen LogP) is 1.91. The van der Waals surface area contributed by atoms with Gasteiger partial charge in [0.25, 0.3) is 6.54 Å². The fourth-order valence-corrected chi connectivity index (χ4v) is 1.89. The number of nitrogens with zero attached hydrogens (tertiary/aromatic N) is 6. The molecule has 19 heavy (non-hydrogen) atoms. The maximum atomic E-state index is 6.96. The maximum Gasteiger partial charge on any atom is 0.273 e. The van der Waals surface area contributed by atoms with Crippen LogP contribution < -0.4 is 0 Å². The third-order valence-corrected chi connectivity index (χ3v) is 2.78. The lowest BCUT2D eigenvalue weighted by Gasteiger charge is -2.00. The smallest absolute Gasteiger partial charge is 0.273 e. The Morgan fingerprint density at radius 1 is 1.37 bits per heavy atom. The molecule has 0 N–H and O–H groups in total. The number of hydrogen-bond donors (Lipinski definition) is 0. The third kappa shape index (κ3) is 1.91. The maximum absolute atomic E-state index is 6.96. The van der Waals surface area contributed by atoms with Crippen molar-refractivity contribution in [3.8, 4) is 11.4 Å². The van der Waals surface area contributed by atoms with Gasteiger partial charge in [0.05, 0.1) is 11.9 Å². The van der Waals surface area contributed by atoms with E-state index in [9.17, 15) is 0 Å². The lowest BCUT2D eigenvalue weighted by molar-refractivity contribution is 0.834. The summed E-state index contributed by atoms with van der Waals surface area (Å²) in [5, 5.41) is 4.44. The van der Waals surface area contributed by atoms with Crippen molar-refractivity contribution in [2.24, 2.45) is 0 Å². The van der Waals surface area contributed by atoms with E-state index in [2.05, 4.69) is 24.9 Å². The molecule has 0 amide bonds. The Labute approximate surface area is 109 Å². The molecule has 92 valence electrons. The zero-order valence-corrected chi connectivity index (χ0v) is 10.3. The van der Waals surface area contributed by atoms with Crippen LogP contribution in [0.15, 0.2) is 30.7 Å². The highest BCUT2D eigenvalue weighted by Gasteiger charge is 2.13. The van der Waals surface area contributed by atoms with Crippen LogP contribution in [0.3, 0.4) is 0 Å². The molecule has 0 aliphatic heterocycles. The van der Waals surface area contributed by atoms with Crippen molar-refractivity contribution >= 4 is 5.52 Å². The van der Waals surface area contributed by atoms with Gasteiger partial charge in [0.2, 0.25) is 5.82 Å². The zero-order valence-electron chi connectivity index (χ0n) is 10.3. The first kappa shape index (κ1) is 11.3. The summed E-state index contributed by atoms with van der Waals surface area (Å²) in [6, 6.07) is 3.73. The lowest BCUT2D eigenvalue weighted by atomic mass is 10.3. The molecule has 3 aromatic heterocycles. The molecule has 0 bridgehead atoms. The average molecular weight is 250 g/mol. The van der Waals surface area contributed by atoms with Crippen LogP contribution >= 0.6 is 0 Å². The number of fused-ring (bicyclic) bond motifs is 1. The second-order valence-corrected chi connectivity index (χ2v) is 4.05. The van der Waals surface area contributed by atoms with Gasteiger partial charge in [-0.3, -0.25) is 4.98 Å². The van der Waals surface area contributed by atoms with E-state index in [1.54, 1.807) is 23.1 Å². The van der Waals surface area contributed by atoms with E-state index in [1.165, 1.54) is 0 Å². The summed E-state index contributed by atoms with van der Waals surface area (Å²) in [6.07, 6.45) is 5.14. The van der Waals surface area contributed by atoms with Gasteiger partial charge in [-0.05, 0) is 19.1 Å². The molecule has 0 atom stereocenters. The average Bonchev–Trinajstić information content (AvgIpc) is 2.77. The minimum Gasteiger partial charge on any atom is -0.308 e. The fraction of sp³-hybridized carbons (Fsp3) is 0.154. The van der Waals surface area contributed by atoms with Crippen molar-refractivity contribution in [1.29, 1.82) is 0 Å². The first-order valence-electron chi connectivity index (χ1n) is 5.74. The van der Waals surface area contributed by atoms with Gasteiger partial charge in [-0.2, -0.15) is 0 Å². The van der Waals surface area contributed by atoms with Gasteiger partial charge < -0.3 is 4.85 Å². The SMILES string of the molecule is [C-]#[N+]Cc1nc(C)c2cnc(-c3cccnc3)nn12. The van der Waals surface area contributed by atoms with Crippen molar-refractivity contribution in [1.82, 2.24) is 24.6 Å². The molecule has 0 spiro atoms. The molecule has 6 nitrogen and oxygen atoms in total. The molecule has 3 heterocycles. The molecule has 0 saturated carbocycles. The van der Waals surface area contributed by atoms with Crippen LogP contribution in [0.4, 0.5) is 0 Å². The Morgan fingerprint density at radius 2 is 2.26 bits per heavy atom. The second kappa shape index (κ2) is 4.46. The van der Waals surface area contributed by atoms with Gasteiger partial charge in [-0.1, -0.05) is 0 Å². The number of aryl methyl sites for hydroxylation is 1. The summed E-state index contributed by atoms with van der Waals surface area (Å²) in [7, 11) is 0. The zero-order chi connectivity index (χ0) is 13.2. The van der Waals surface area contributed by atoms with Gasteiger partial charge in [-0.15, -0.1) is 5.10 Å². The molecule has 0 radical (unpaired) electrons. The van der Waals surface area contributed by atoms with E-state index in [0.717, 1.165) is 16.8 Å². The molecule has 3 aromatic rings. The monoisotopic (exact) mass is 250 g/mol. The number of imidazole rings is 1. The van der Waals surface area contributed by atoms with E-state index in [0.29, 0.717) is 11.6 Å². The molecule has 0 fully saturated rings. The number of hydrogen-bond acceptors (Lipinski definition) is 4. The standard InChI is InChI=1S/C13H10N6/c1-9-11-7-16-13(10-4-3-5-15-6-10)18-19(11)12(17-9)8-14-2/h3-7H,8H2,1H3. The van der Waals surface area contributed by atoms with Crippen LogP contribution in [0.5, 0.6) is 0 Å². The van der Waals surface area contributed by atoms with E-state index >= 15 is 0 Å². The summed E-state index contributed by atoms with van der Waals surface area (Å²) in [5.41, 5.74) is 2.49. The minimum absolute atomic E-state index is 0.207. The van der Waals surface area contributed by atoms with Crippen LogP contribution in [-0.4, -0.2) is 24.6 Å². The molecular weight excluding hydrogens is 240 g/mol. The summed E-state index contributed by atoms with van der Waals surface area (Å²) in [6.45, 7) is 9.05. The molecular formula is C13H10N6.